The highest BCUT2D eigenvalue weighted by molar-refractivity contribution is 9.10. The second-order valence-electron chi connectivity index (χ2n) is 4.05. The van der Waals surface area contributed by atoms with Crippen molar-refractivity contribution in [3.05, 3.63) is 28.2 Å². The lowest BCUT2D eigenvalue weighted by molar-refractivity contribution is -0.154. The zero-order valence-corrected chi connectivity index (χ0v) is 11.6. The topological polar surface area (TPSA) is 67.3 Å². The minimum Gasteiger partial charge on any atom is -0.480 e. The van der Waals surface area contributed by atoms with Crippen LogP contribution in [-0.2, 0) is 16.0 Å². The van der Waals surface area contributed by atoms with Crippen molar-refractivity contribution in [3.63, 3.8) is 0 Å². The number of Topliss-reactive ketones (excluding diaryl/α,β-unsaturated/α-hetero) is 1. The Morgan fingerprint density at radius 1 is 1.56 bits per heavy atom. The van der Waals surface area contributed by atoms with E-state index in [2.05, 4.69) is 20.9 Å². The highest BCUT2D eigenvalue weighted by Crippen LogP contribution is 2.31. The number of rotatable bonds is 5. The van der Waals surface area contributed by atoms with Gasteiger partial charge in [-0.3, -0.25) is 9.59 Å². The van der Waals surface area contributed by atoms with Crippen molar-refractivity contribution in [1.82, 2.24) is 4.98 Å². The summed E-state index contributed by atoms with van der Waals surface area (Å²) in [7, 11) is 0. The summed E-state index contributed by atoms with van der Waals surface area (Å²) in [5.41, 5.74) is -1.42. The van der Waals surface area contributed by atoms with Gasteiger partial charge in [-0.2, -0.15) is 0 Å². The van der Waals surface area contributed by atoms with E-state index in [1.807, 2.05) is 0 Å². The van der Waals surface area contributed by atoms with E-state index in [0.717, 1.165) is 0 Å². The zero-order chi connectivity index (χ0) is 13.9. The van der Waals surface area contributed by atoms with Gasteiger partial charge in [0.2, 0.25) is 0 Å². The lowest BCUT2D eigenvalue weighted by atomic mass is 9.76. The first-order valence-corrected chi connectivity index (χ1v) is 6.17. The highest BCUT2D eigenvalue weighted by atomic mass is 79.9. The van der Waals surface area contributed by atoms with Crippen LogP contribution in [0.5, 0.6) is 0 Å². The number of ketones is 1. The Labute approximate surface area is 112 Å². The second-order valence-corrected chi connectivity index (χ2v) is 4.80. The number of hydrogen-bond acceptors (Lipinski definition) is 3. The van der Waals surface area contributed by atoms with E-state index in [-0.39, 0.29) is 23.0 Å². The number of carbonyl (C=O) groups excluding carboxylic acids is 1. The molecular formula is C12H13BrFNO3. The van der Waals surface area contributed by atoms with Crippen LogP contribution >= 0.6 is 15.9 Å². The summed E-state index contributed by atoms with van der Waals surface area (Å²) in [6.07, 6.45) is 1.29. The van der Waals surface area contributed by atoms with Gasteiger partial charge >= 0.3 is 5.97 Å². The minimum atomic E-state index is -1.58. The molecule has 4 nitrogen and oxygen atoms in total. The van der Waals surface area contributed by atoms with Gasteiger partial charge in [-0.05, 0) is 47.3 Å². The van der Waals surface area contributed by atoms with Crippen molar-refractivity contribution in [3.8, 4) is 0 Å². The number of nitrogens with zero attached hydrogens (tertiary/aromatic N) is 1. The van der Waals surface area contributed by atoms with Gasteiger partial charge in [0, 0.05) is 6.20 Å². The van der Waals surface area contributed by atoms with Crippen molar-refractivity contribution in [2.45, 2.75) is 26.7 Å². The molecule has 0 saturated carbocycles. The molecule has 0 saturated heterocycles. The van der Waals surface area contributed by atoms with Crippen molar-refractivity contribution in [2.24, 2.45) is 5.41 Å². The Balaban J connectivity index is 3.23. The molecule has 0 spiro atoms. The van der Waals surface area contributed by atoms with Crippen LogP contribution in [0.2, 0.25) is 0 Å². The SMILES string of the molecule is CCC(Cc1ccnc(Br)c1F)(C(C)=O)C(=O)O. The van der Waals surface area contributed by atoms with Gasteiger partial charge in [0.15, 0.2) is 5.82 Å². The predicted molar refractivity (Wildman–Crippen MR) is 66.6 cm³/mol. The molecule has 0 aromatic carbocycles. The lowest BCUT2D eigenvalue weighted by Crippen LogP contribution is -2.39. The van der Waals surface area contributed by atoms with Crippen LogP contribution in [0.25, 0.3) is 0 Å². The molecule has 0 fully saturated rings. The number of aromatic nitrogens is 1. The van der Waals surface area contributed by atoms with E-state index in [1.54, 1.807) is 6.92 Å². The number of carboxylic acids is 1. The zero-order valence-electron chi connectivity index (χ0n) is 10.0. The summed E-state index contributed by atoms with van der Waals surface area (Å²) >= 11 is 2.93. The summed E-state index contributed by atoms with van der Waals surface area (Å²) in [5, 5.41) is 9.25. The number of aliphatic carboxylic acids is 1. The monoisotopic (exact) mass is 317 g/mol. The van der Waals surface area contributed by atoms with Gasteiger partial charge in [0.25, 0.3) is 0 Å². The maximum atomic E-state index is 13.8. The van der Waals surface area contributed by atoms with E-state index in [4.69, 9.17) is 0 Å². The maximum Gasteiger partial charge on any atom is 0.317 e. The van der Waals surface area contributed by atoms with Crippen molar-refractivity contribution >= 4 is 27.7 Å². The third-order valence-corrected chi connectivity index (χ3v) is 3.66. The van der Waals surface area contributed by atoms with Gasteiger partial charge < -0.3 is 5.11 Å². The minimum absolute atomic E-state index is 0.0129. The first-order chi connectivity index (χ1) is 8.35. The summed E-state index contributed by atoms with van der Waals surface area (Å²) in [6.45, 7) is 2.81. The number of hydrogen-bond donors (Lipinski definition) is 1. The largest absolute Gasteiger partial charge is 0.480 e. The summed E-state index contributed by atoms with van der Waals surface area (Å²) in [5.74, 6) is -2.34. The van der Waals surface area contributed by atoms with Gasteiger partial charge in [-0.15, -0.1) is 0 Å². The van der Waals surface area contributed by atoms with Crippen LogP contribution in [0.1, 0.15) is 25.8 Å². The Morgan fingerprint density at radius 2 is 2.17 bits per heavy atom. The number of carboxylic acid groups (broad SMARTS) is 1. The summed E-state index contributed by atoms with van der Waals surface area (Å²) in [6, 6.07) is 1.39. The standard InChI is InChI=1S/C12H13BrFNO3/c1-3-12(7(2)16,11(17)18)6-8-4-5-15-10(13)9(8)14/h4-5H,3,6H2,1-2H3,(H,17,18). The third kappa shape index (κ3) is 2.58. The molecule has 1 aromatic rings. The fraction of sp³-hybridized carbons (Fsp3) is 0.417. The summed E-state index contributed by atoms with van der Waals surface area (Å²) < 4.78 is 13.8. The molecule has 1 unspecified atom stereocenters. The highest BCUT2D eigenvalue weighted by Gasteiger charge is 2.42. The van der Waals surface area contributed by atoms with Crippen molar-refractivity contribution in [1.29, 1.82) is 0 Å². The van der Waals surface area contributed by atoms with Crippen LogP contribution in [0.3, 0.4) is 0 Å². The smallest absolute Gasteiger partial charge is 0.317 e. The van der Waals surface area contributed by atoms with Gasteiger partial charge in [0.05, 0.1) is 0 Å². The molecule has 1 rings (SSSR count). The van der Waals surface area contributed by atoms with Crippen molar-refractivity contribution in [2.75, 3.05) is 0 Å². The Kier molecular flexibility index (Phi) is 4.56. The molecule has 6 heteroatoms. The van der Waals surface area contributed by atoms with E-state index < -0.39 is 23.0 Å². The van der Waals surface area contributed by atoms with Crippen LogP contribution in [0.15, 0.2) is 16.9 Å². The lowest BCUT2D eigenvalue weighted by Gasteiger charge is -2.25. The number of halogens is 2. The molecule has 1 aromatic heterocycles. The molecule has 1 heterocycles. The van der Waals surface area contributed by atoms with Crippen LogP contribution in [0, 0.1) is 11.2 Å². The molecule has 0 aliphatic rings. The fourth-order valence-electron chi connectivity index (χ4n) is 1.79. The molecule has 0 aliphatic heterocycles. The molecule has 0 bridgehead atoms. The first kappa shape index (κ1) is 14.8. The van der Waals surface area contributed by atoms with Gasteiger partial charge in [-0.1, -0.05) is 6.92 Å². The molecule has 0 amide bonds. The average molecular weight is 318 g/mol. The second kappa shape index (κ2) is 5.56. The molecule has 1 atom stereocenters. The molecule has 18 heavy (non-hydrogen) atoms. The van der Waals surface area contributed by atoms with Crippen LogP contribution in [-0.4, -0.2) is 21.8 Å². The Bertz CT molecular complexity index is 476. The molecular weight excluding hydrogens is 305 g/mol. The molecule has 98 valence electrons. The predicted octanol–water partition coefficient (Wildman–Crippen LogP) is 2.60. The van der Waals surface area contributed by atoms with Gasteiger partial charge in [-0.25, -0.2) is 9.37 Å². The normalized spacial score (nSPS) is 14.0. The Morgan fingerprint density at radius 3 is 2.61 bits per heavy atom. The fourth-order valence-corrected chi connectivity index (χ4v) is 2.17. The maximum absolute atomic E-state index is 13.8. The van der Waals surface area contributed by atoms with E-state index in [0.29, 0.717) is 0 Å². The molecule has 0 radical (unpaired) electrons. The third-order valence-electron chi connectivity index (χ3n) is 3.11. The number of carbonyl (C=O) groups is 2. The molecule has 1 N–H and O–H groups in total. The number of pyridine rings is 1. The first-order valence-electron chi connectivity index (χ1n) is 5.38. The Hall–Kier alpha value is -1.30. The van der Waals surface area contributed by atoms with Gasteiger partial charge in [0.1, 0.15) is 15.8 Å². The van der Waals surface area contributed by atoms with E-state index in [9.17, 15) is 19.1 Å². The van der Waals surface area contributed by atoms with Crippen LogP contribution < -0.4 is 0 Å². The quantitative estimate of drug-likeness (QED) is 0.669. The average Bonchev–Trinajstić information content (AvgIpc) is 2.30. The van der Waals surface area contributed by atoms with E-state index in [1.165, 1.54) is 19.2 Å². The van der Waals surface area contributed by atoms with Crippen molar-refractivity contribution < 1.29 is 19.1 Å². The summed E-state index contributed by atoms with van der Waals surface area (Å²) in [4.78, 5) is 26.6. The molecule has 0 aliphatic carbocycles. The van der Waals surface area contributed by atoms with Crippen LogP contribution in [0.4, 0.5) is 4.39 Å². The van der Waals surface area contributed by atoms with E-state index >= 15 is 0 Å².